The number of carboxylic acids is 1. The predicted molar refractivity (Wildman–Crippen MR) is 44.7 cm³/mol. The van der Waals surface area contributed by atoms with E-state index in [0.717, 1.165) is 0 Å². The lowest BCUT2D eigenvalue weighted by Gasteiger charge is -2.12. The average molecular weight is 196 g/mol. The maximum Gasteiger partial charge on any atom is 0.317 e. The van der Waals surface area contributed by atoms with E-state index >= 15 is 0 Å². The van der Waals surface area contributed by atoms with E-state index in [-0.39, 0.29) is 26.6 Å². The van der Waals surface area contributed by atoms with Crippen LogP contribution in [-0.2, 0) is 4.79 Å². The van der Waals surface area contributed by atoms with Gasteiger partial charge in [0, 0.05) is 6.54 Å². The van der Waals surface area contributed by atoms with E-state index in [0.29, 0.717) is 6.54 Å². The summed E-state index contributed by atoms with van der Waals surface area (Å²) in [5, 5.41) is 32.5. The van der Waals surface area contributed by atoms with Crippen molar-refractivity contribution in [3.05, 3.63) is 0 Å². The third kappa shape index (κ3) is 14.2. The fourth-order valence-corrected chi connectivity index (χ4v) is 0.328. The van der Waals surface area contributed by atoms with E-state index < -0.39 is 5.97 Å². The summed E-state index contributed by atoms with van der Waals surface area (Å²) >= 11 is 0. The lowest BCUT2D eigenvalue weighted by Crippen LogP contribution is -2.28. The Hall–Kier alpha value is -0.730. The summed E-state index contributed by atoms with van der Waals surface area (Å²) < 4.78 is 0. The number of hydrogen-bond donors (Lipinski definition) is 5. The van der Waals surface area contributed by atoms with Crippen LogP contribution in [0.15, 0.2) is 0 Å². The minimum absolute atomic E-state index is 0.0406. The molecular weight excluding hydrogens is 180 g/mol. The van der Waals surface area contributed by atoms with Crippen molar-refractivity contribution >= 4 is 5.97 Å². The molecule has 0 radical (unpaired) electrons. The van der Waals surface area contributed by atoms with Gasteiger partial charge in [-0.2, -0.15) is 0 Å². The summed E-state index contributed by atoms with van der Waals surface area (Å²) in [6.07, 6.45) is 0. The molecule has 0 fully saturated rings. The van der Waals surface area contributed by atoms with E-state index in [1.807, 2.05) is 0 Å². The molecule has 0 rings (SSSR count). The Balaban J connectivity index is 0. The predicted octanol–water partition coefficient (Wildman–Crippen LogP) is -2.79. The van der Waals surface area contributed by atoms with Crippen molar-refractivity contribution in [3.8, 4) is 0 Å². The van der Waals surface area contributed by atoms with Gasteiger partial charge in [-0.15, -0.1) is 0 Å². The van der Waals surface area contributed by atoms with Crippen molar-refractivity contribution in [1.82, 2.24) is 4.90 Å². The number of nitrogens with zero attached hydrogens (tertiary/aromatic N) is 1. The normalized spacial score (nSPS) is 9.31. The van der Waals surface area contributed by atoms with Gasteiger partial charge in [0.15, 0.2) is 0 Å². The number of hydrogen-bond acceptors (Lipinski definition) is 6. The highest BCUT2D eigenvalue weighted by atomic mass is 16.4. The van der Waals surface area contributed by atoms with E-state index in [9.17, 15) is 4.79 Å². The summed E-state index contributed by atoms with van der Waals surface area (Å²) in [5.74, 6) is -0.968. The number of aliphatic hydroxyl groups excluding tert-OH is 3. The van der Waals surface area contributed by atoms with Crippen LogP contribution in [0, 0.1) is 0 Å². The summed E-state index contributed by atoms with van der Waals surface area (Å²) in [7, 11) is 0. The Labute approximate surface area is 76.0 Å². The topological polar surface area (TPSA) is 127 Å². The molecule has 7 heteroatoms. The summed E-state index contributed by atoms with van der Waals surface area (Å²) in [5.41, 5.74) is 4.57. The number of rotatable bonds is 5. The van der Waals surface area contributed by atoms with Crippen LogP contribution in [0.3, 0.4) is 0 Å². The molecule has 0 saturated heterocycles. The van der Waals surface area contributed by atoms with E-state index in [4.69, 9.17) is 20.4 Å². The molecule has 6 N–H and O–H groups in total. The molecule has 0 unspecified atom stereocenters. The van der Waals surface area contributed by atoms with Gasteiger partial charge < -0.3 is 26.2 Å². The van der Waals surface area contributed by atoms with Crippen molar-refractivity contribution in [1.29, 1.82) is 0 Å². The smallest absolute Gasteiger partial charge is 0.317 e. The van der Waals surface area contributed by atoms with Crippen LogP contribution in [0.1, 0.15) is 0 Å². The maximum atomic E-state index is 9.24. The molecule has 80 valence electrons. The zero-order valence-corrected chi connectivity index (χ0v) is 7.26. The zero-order valence-electron chi connectivity index (χ0n) is 7.26. The molecule has 7 nitrogen and oxygen atoms in total. The monoisotopic (exact) mass is 196 g/mol. The Morgan fingerprint density at radius 2 is 1.62 bits per heavy atom. The van der Waals surface area contributed by atoms with Crippen LogP contribution in [0.2, 0.25) is 0 Å². The highest BCUT2D eigenvalue weighted by molar-refractivity contribution is 5.68. The first-order chi connectivity index (χ1) is 6.12. The fourth-order valence-electron chi connectivity index (χ4n) is 0.328. The van der Waals surface area contributed by atoms with Crippen molar-refractivity contribution in [2.75, 3.05) is 33.2 Å². The quantitative estimate of drug-likeness (QED) is 0.301. The summed E-state index contributed by atoms with van der Waals surface area (Å²) in [6.45, 7) is -0.428. The molecule has 0 spiro atoms. The van der Waals surface area contributed by atoms with Gasteiger partial charge in [-0.3, -0.25) is 9.69 Å². The van der Waals surface area contributed by atoms with Gasteiger partial charge in [0.25, 0.3) is 0 Å². The number of aliphatic hydroxyl groups is 3. The molecule has 0 aliphatic rings. The number of aliphatic carboxylic acids is 1. The highest BCUT2D eigenvalue weighted by Gasteiger charge is 1.95. The lowest BCUT2D eigenvalue weighted by molar-refractivity contribution is -0.135. The Kier molecular flexibility index (Phi) is 12.8. The van der Waals surface area contributed by atoms with Crippen molar-refractivity contribution in [3.63, 3.8) is 0 Å². The van der Waals surface area contributed by atoms with Gasteiger partial charge in [0.1, 0.15) is 0 Å². The molecule has 0 aliphatic heterocycles. The molecule has 0 atom stereocenters. The third-order valence-corrected chi connectivity index (χ3v) is 0.991. The lowest BCUT2D eigenvalue weighted by atomic mass is 10.6. The number of carbonyl (C=O) groups is 1. The van der Waals surface area contributed by atoms with Crippen molar-refractivity contribution in [2.45, 2.75) is 0 Å². The minimum Gasteiger partial charge on any atom is -0.480 e. The first-order valence-electron chi connectivity index (χ1n) is 3.59. The second-order valence-corrected chi connectivity index (χ2v) is 2.00. The van der Waals surface area contributed by atoms with Gasteiger partial charge in [0.2, 0.25) is 0 Å². The first kappa shape index (κ1) is 14.8. The second kappa shape index (κ2) is 11.3. The number of nitrogens with two attached hydrogens (primary N) is 1. The van der Waals surface area contributed by atoms with E-state index in [2.05, 4.69) is 5.73 Å². The van der Waals surface area contributed by atoms with Gasteiger partial charge >= 0.3 is 5.97 Å². The summed E-state index contributed by atoms with van der Waals surface area (Å²) in [6, 6.07) is 0. The van der Waals surface area contributed by atoms with Crippen LogP contribution in [0.5, 0.6) is 0 Å². The van der Waals surface area contributed by atoms with Gasteiger partial charge in [0.05, 0.1) is 26.6 Å². The molecule has 13 heavy (non-hydrogen) atoms. The Morgan fingerprint density at radius 3 is 1.69 bits per heavy atom. The highest BCUT2D eigenvalue weighted by Crippen LogP contribution is 1.78. The van der Waals surface area contributed by atoms with Crippen LogP contribution in [0.4, 0.5) is 0 Å². The summed E-state index contributed by atoms with van der Waals surface area (Å²) in [4.78, 5) is 10.5. The fraction of sp³-hybridized carbons (Fsp3) is 0.833. The SMILES string of the molecule is NCC(=O)O.OCCN(CO)CO. The molecule has 0 aromatic carbocycles. The molecule has 0 aromatic heterocycles. The van der Waals surface area contributed by atoms with Crippen molar-refractivity contribution < 1.29 is 25.2 Å². The van der Waals surface area contributed by atoms with Crippen LogP contribution in [0.25, 0.3) is 0 Å². The Morgan fingerprint density at radius 1 is 1.23 bits per heavy atom. The molecule has 0 aliphatic carbocycles. The van der Waals surface area contributed by atoms with E-state index in [1.165, 1.54) is 4.90 Å². The van der Waals surface area contributed by atoms with Crippen molar-refractivity contribution in [2.24, 2.45) is 5.73 Å². The third-order valence-electron chi connectivity index (χ3n) is 0.991. The Bertz CT molecular complexity index is 118. The largest absolute Gasteiger partial charge is 0.480 e. The number of carboxylic acid groups (broad SMARTS) is 1. The molecule has 0 aromatic rings. The second-order valence-electron chi connectivity index (χ2n) is 2.00. The molecule has 0 amide bonds. The van der Waals surface area contributed by atoms with Crippen LogP contribution < -0.4 is 5.73 Å². The van der Waals surface area contributed by atoms with Gasteiger partial charge in [-0.05, 0) is 0 Å². The minimum atomic E-state index is -0.968. The molecule has 0 saturated carbocycles. The van der Waals surface area contributed by atoms with Gasteiger partial charge in [-0.1, -0.05) is 0 Å². The standard InChI is InChI=1S/C4H11NO3.C2H5NO2/c6-2-1-5(3-7)4-8;3-1-2(4)5/h6-8H,1-4H2;1,3H2,(H,4,5). The first-order valence-corrected chi connectivity index (χ1v) is 3.59. The zero-order chi connectivity index (χ0) is 10.7. The van der Waals surface area contributed by atoms with E-state index in [1.54, 1.807) is 0 Å². The van der Waals surface area contributed by atoms with Crippen LogP contribution in [-0.4, -0.2) is 64.5 Å². The maximum absolute atomic E-state index is 9.24. The molecular formula is C6H16N2O5. The average Bonchev–Trinajstić information content (AvgIpc) is 2.15. The van der Waals surface area contributed by atoms with Gasteiger partial charge in [-0.25, -0.2) is 0 Å². The van der Waals surface area contributed by atoms with Crippen LogP contribution >= 0.6 is 0 Å². The molecule has 0 bridgehead atoms. The molecule has 0 heterocycles.